The van der Waals surface area contributed by atoms with Crippen molar-refractivity contribution in [1.29, 1.82) is 5.26 Å². The van der Waals surface area contributed by atoms with Crippen LogP contribution in [0.4, 0.5) is 4.79 Å². The van der Waals surface area contributed by atoms with Gasteiger partial charge in [-0.25, -0.2) is 9.48 Å². The number of pyridine rings is 1. The van der Waals surface area contributed by atoms with Gasteiger partial charge in [0.2, 0.25) is 0 Å². The smallest absolute Gasteiger partial charge is 0.320 e. The Hall–Kier alpha value is -4.07. The van der Waals surface area contributed by atoms with Crippen molar-refractivity contribution in [2.45, 2.75) is 25.6 Å². The number of aliphatic hydroxyl groups excluding tert-OH is 1. The number of hydrogen-bond acceptors (Lipinski definition) is 6. The highest BCUT2D eigenvalue weighted by atomic mass is 16.5. The lowest BCUT2D eigenvalue weighted by Crippen LogP contribution is -2.43. The number of fused-ring (bicyclic) bond motifs is 1. The van der Waals surface area contributed by atoms with Gasteiger partial charge >= 0.3 is 6.03 Å². The zero-order valence-corrected chi connectivity index (χ0v) is 20.0. The lowest BCUT2D eigenvalue weighted by molar-refractivity contribution is 0.0812. The summed E-state index contributed by atoms with van der Waals surface area (Å²) in [6, 6.07) is 15.7. The molecule has 10 nitrogen and oxygen atoms in total. The highest BCUT2D eigenvalue weighted by Crippen LogP contribution is 2.19. The average Bonchev–Trinajstić information content (AvgIpc) is 3.08. The first-order valence-corrected chi connectivity index (χ1v) is 12.0. The first kappa shape index (κ1) is 23.7. The van der Waals surface area contributed by atoms with Gasteiger partial charge in [-0.2, -0.15) is 10.5 Å². The van der Waals surface area contributed by atoms with E-state index < -0.39 is 6.10 Å². The number of nitrogens with zero attached hydrogens (tertiary/aromatic N) is 6. The molecule has 2 aliphatic heterocycles. The van der Waals surface area contributed by atoms with E-state index in [2.05, 4.69) is 39.4 Å². The minimum absolute atomic E-state index is 0.0791. The number of H-pyrrole nitrogens is 1. The second-order valence-corrected chi connectivity index (χ2v) is 9.15. The molecule has 10 heteroatoms. The zero-order chi connectivity index (χ0) is 24.9. The number of carbonyl (C=O) groups excluding carboxylic acids is 1. The molecule has 2 amide bonds. The number of urea groups is 1. The molecule has 1 atom stereocenters. The van der Waals surface area contributed by atoms with Gasteiger partial charge in [-0.3, -0.25) is 9.88 Å². The van der Waals surface area contributed by atoms with Crippen LogP contribution < -0.4 is 0 Å². The molecule has 0 saturated carbocycles. The fourth-order valence-corrected chi connectivity index (χ4v) is 4.69. The number of aromatic amines is 1. The quantitative estimate of drug-likeness (QED) is 0.529. The Morgan fingerprint density at radius 3 is 2.72 bits per heavy atom. The third-order valence-corrected chi connectivity index (χ3v) is 6.60. The van der Waals surface area contributed by atoms with Crippen LogP contribution in [0.3, 0.4) is 0 Å². The van der Waals surface area contributed by atoms with Crippen LogP contribution in [0.15, 0.2) is 65.6 Å². The summed E-state index contributed by atoms with van der Waals surface area (Å²) in [5, 5.41) is 22.4. The van der Waals surface area contributed by atoms with Gasteiger partial charge in [0.15, 0.2) is 0 Å². The molecule has 5 rings (SSSR count). The van der Waals surface area contributed by atoms with Gasteiger partial charge in [-0.05, 0) is 35.7 Å². The number of hydrogen-bond donors (Lipinski definition) is 2. The topological polar surface area (TPSA) is 118 Å². The summed E-state index contributed by atoms with van der Waals surface area (Å²) >= 11 is 0. The maximum Gasteiger partial charge on any atom is 0.320 e. The number of carbonyl (C=O) groups is 1. The molecule has 2 aromatic heterocycles. The number of β-amino-alcohol motifs (C(OH)–C–C–N with tert-alkyl or cyclic N) is 1. The van der Waals surface area contributed by atoms with Crippen LogP contribution >= 0.6 is 0 Å². The summed E-state index contributed by atoms with van der Waals surface area (Å²) in [6.07, 6.45) is 5.07. The first-order chi connectivity index (χ1) is 17.6. The molecule has 2 aliphatic rings. The van der Waals surface area contributed by atoms with Crippen LogP contribution in [-0.2, 0) is 19.5 Å². The van der Waals surface area contributed by atoms with Gasteiger partial charge in [0, 0.05) is 45.5 Å². The molecule has 3 aromatic rings. The summed E-state index contributed by atoms with van der Waals surface area (Å²) in [6.45, 7) is 4.21. The molecule has 0 aliphatic carbocycles. The Labute approximate surface area is 209 Å². The van der Waals surface area contributed by atoms with E-state index in [9.17, 15) is 9.90 Å². The van der Waals surface area contributed by atoms with Crippen molar-refractivity contribution in [2.75, 3.05) is 32.7 Å². The molecule has 36 heavy (non-hydrogen) atoms. The molecule has 1 aromatic carbocycles. The van der Waals surface area contributed by atoms with Gasteiger partial charge in [0.1, 0.15) is 12.3 Å². The Morgan fingerprint density at radius 1 is 1.08 bits per heavy atom. The third kappa shape index (κ3) is 5.43. The molecular weight excluding hydrogens is 458 g/mol. The molecule has 4 heterocycles. The number of aromatic nitrogens is 3. The Bertz CT molecular complexity index is 1290. The van der Waals surface area contributed by atoms with E-state index in [0.717, 1.165) is 30.9 Å². The van der Waals surface area contributed by atoms with Crippen molar-refractivity contribution in [3.63, 3.8) is 0 Å². The highest BCUT2D eigenvalue weighted by molar-refractivity contribution is 5.76. The molecule has 0 radical (unpaired) electrons. The Kier molecular flexibility index (Phi) is 7.02. The fourth-order valence-electron chi connectivity index (χ4n) is 4.69. The lowest BCUT2D eigenvalue weighted by Gasteiger charge is -2.31. The van der Waals surface area contributed by atoms with E-state index in [1.165, 1.54) is 17.4 Å². The molecule has 0 bridgehead atoms. The normalized spacial score (nSPS) is 16.5. The molecule has 1 fully saturated rings. The zero-order valence-electron chi connectivity index (χ0n) is 20.0. The van der Waals surface area contributed by atoms with Crippen LogP contribution in [0, 0.1) is 11.3 Å². The van der Waals surface area contributed by atoms with Crippen molar-refractivity contribution in [3.05, 3.63) is 83.5 Å². The summed E-state index contributed by atoms with van der Waals surface area (Å²) in [5.74, 6) is 0. The highest BCUT2D eigenvalue weighted by Gasteiger charge is 2.30. The number of nitrogens with one attached hydrogen (secondary N) is 1. The molecular formula is C26H29N7O3. The minimum Gasteiger partial charge on any atom is -0.390 e. The third-order valence-electron chi connectivity index (χ3n) is 6.60. The van der Waals surface area contributed by atoms with E-state index in [4.69, 9.17) is 9.78 Å². The van der Waals surface area contributed by atoms with Crippen molar-refractivity contribution >= 4 is 6.03 Å². The number of benzene rings is 1. The lowest BCUT2D eigenvalue weighted by atomic mass is 10.00. The summed E-state index contributed by atoms with van der Waals surface area (Å²) in [4.78, 5) is 23.1. The van der Waals surface area contributed by atoms with E-state index in [1.54, 1.807) is 32.9 Å². The molecule has 1 unspecified atom stereocenters. The van der Waals surface area contributed by atoms with E-state index in [-0.39, 0.29) is 6.03 Å². The van der Waals surface area contributed by atoms with E-state index in [0.29, 0.717) is 38.3 Å². The van der Waals surface area contributed by atoms with Crippen molar-refractivity contribution in [2.24, 2.45) is 0 Å². The predicted molar refractivity (Wildman–Crippen MR) is 131 cm³/mol. The second-order valence-electron chi connectivity index (χ2n) is 9.15. The fraction of sp³-hybridized carbons (Fsp3) is 0.346. The number of amides is 2. The average molecular weight is 488 g/mol. The number of nitriles is 1. The van der Waals surface area contributed by atoms with Crippen molar-refractivity contribution in [1.82, 2.24) is 29.6 Å². The van der Waals surface area contributed by atoms with Crippen LogP contribution in [0.25, 0.3) is 5.69 Å². The van der Waals surface area contributed by atoms with Gasteiger partial charge in [-0.15, -0.1) is 0 Å². The van der Waals surface area contributed by atoms with Crippen LogP contribution in [0.1, 0.15) is 22.4 Å². The SMILES string of the molecule is N#Cc1ccn(-c2ccc(CN3CCN(CC(O)CN4CCc5ccccc5C4)C3=O)nc2)[nH]oc1. The number of rotatable bonds is 7. The molecule has 2 N–H and O–H groups in total. The summed E-state index contributed by atoms with van der Waals surface area (Å²) in [5.41, 5.74) is 4.57. The van der Waals surface area contributed by atoms with Gasteiger partial charge in [-0.1, -0.05) is 24.3 Å². The monoisotopic (exact) mass is 487 g/mol. The molecule has 186 valence electrons. The van der Waals surface area contributed by atoms with Crippen LogP contribution in [-0.4, -0.2) is 79.6 Å². The first-order valence-electron chi connectivity index (χ1n) is 12.0. The van der Waals surface area contributed by atoms with Crippen molar-refractivity contribution < 1.29 is 14.4 Å². The van der Waals surface area contributed by atoms with Crippen LogP contribution in [0.2, 0.25) is 0 Å². The summed E-state index contributed by atoms with van der Waals surface area (Å²) < 4.78 is 6.74. The maximum absolute atomic E-state index is 12.9. The number of aliphatic hydroxyl groups is 1. The van der Waals surface area contributed by atoms with Crippen LogP contribution in [0.5, 0.6) is 0 Å². The van der Waals surface area contributed by atoms with Gasteiger partial charge < -0.3 is 19.4 Å². The van der Waals surface area contributed by atoms with Gasteiger partial charge in [0.25, 0.3) is 0 Å². The van der Waals surface area contributed by atoms with E-state index >= 15 is 0 Å². The standard InChI is InChI=1S/C26H29N7O3/c27-13-20-7-10-33(29-36-19-20)24-6-5-23(28-14-24)16-31-11-12-32(26(31)35)18-25(34)17-30-9-8-21-3-1-2-4-22(21)15-30/h1-7,10,14,19,25,29,34H,8-9,11-12,15-18H2. The minimum atomic E-state index is -0.594. The summed E-state index contributed by atoms with van der Waals surface area (Å²) in [7, 11) is 0. The van der Waals surface area contributed by atoms with E-state index in [1.807, 2.05) is 18.2 Å². The maximum atomic E-state index is 12.9. The Balaban J connectivity index is 1.13. The van der Waals surface area contributed by atoms with Gasteiger partial charge in [0.05, 0.1) is 35.8 Å². The predicted octanol–water partition coefficient (Wildman–Crippen LogP) is 2.45. The van der Waals surface area contributed by atoms with Crippen molar-refractivity contribution in [3.8, 4) is 11.8 Å². The largest absolute Gasteiger partial charge is 0.390 e. The second kappa shape index (κ2) is 10.7. The molecule has 0 spiro atoms. The Morgan fingerprint density at radius 2 is 1.92 bits per heavy atom. The molecule has 1 saturated heterocycles.